The van der Waals surface area contributed by atoms with Crippen LogP contribution in [0, 0.1) is 0 Å². The molecule has 4 heteroatoms. The van der Waals surface area contributed by atoms with Crippen LogP contribution in [-0.4, -0.2) is 39.9 Å². The molecule has 1 heterocycles. The third-order valence-electron chi connectivity index (χ3n) is 3.08. The molecule has 2 rings (SSSR count). The fourth-order valence-corrected chi connectivity index (χ4v) is 2.16. The number of nitrogens with one attached hydrogen (secondary N) is 2. The number of hydrogen-bond donors (Lipinski definition) is 2. The first-order chi connectivity index (χ1) is 8.33. The molecule has 0 amide bonds. The van der Waals surface area contributed by atoms with E-state index in [9.17, 15) is 0 Å². The summed E-state index contributed by atoms with van der Waals surface area (Å²) in [7, 11) is 3.39. The Bertz CT molecular complexity index is 362. The summed E-state index contributed by atoms with van der Waals surface area (Å²) in [6.45, 7) is 3.07. The normalized spacial score (nSPS) is 20.0. The van der Waals surface area contributed by atoms with Gasteiger partial charge in [-0.2, -0.15) is 0 Å². The SMILES string of the molecule is COc1ccc(OC)c(C[C@@H]2CNCCN2)c1. The summed E-state index contributed by atoms with van der Waals surface area (Å²) in [4.78, 5) is 0. The van der Waals surface area contributed by atoms with Gasteiger partial charge in [-0.1, -0.05) is 0 Å². The quantitative estimate of drug-likeness (QED) is 0.812. The number of benzene rings is 1. The van der Waals surface area contributed by atoms with Crippen LogP contribution in [0.2, 0.25) is 0 Å². The molecule has 1 saturated heterocycles. The minimum atomic E-state index is 0.463. The second-order valence-electron chi connectivity index (χ2n) is 4.24. The van der Waals surface area contributed by atoms with E-state index in [4.69, 9.17) is 9.47 Å². The lowest BCUT2D eigenvalue weighted by molar-refractivity contribution is 0.384. The lowest BCUT2D eigenvalue weighted by atomic mass is 10.0. The van der Waals surface area contributed by atoms with Gasteiger partial charge in [-0.05, 0) is 30.2 Å². The number of piperazine rings is 1. The first-order valence-corrected chi connectivity index (χ1v) is 5.98. The van der Waals surface area contributed by atoms with Gasteiger partial charge in [-0.15, -0.1) is 0 Å². The second kappa shape index (κ2) is 5.89. The first-order valence-electron chi connectivity index (χ1n) is 5.98. The molecule has 2 N–H and O–H groups in total. The summed E-state index contributed by atoms with van der Waals surface area (Å²) in [6.07, 6.45) is 0.952. The van der Waals surface area contributed by atoms with Crippen LogP contribution in [0.25, 0.3) is 0 Å². The highest BCUT2D eigenvalue weighted by Crippen LogP contribution is 2.25. The van der Waals surface area contributed by atoms with E-state index in [0.29, 0.717) is 6.04 Å². The number of rotatable bonds is 4. The van der Waals surface area contributed by atoms with Crippen molar-refractivity contribution < 1.29 is 9.47 Å². The highest BCUT2D eigenvalue weighted by atomic mass is 16.5. The minimum absolute atomic E-state index is 0.463. The third kappa shape index (κ3) is 3.11. The van der Waals surface area contributed by atoms with Crippen LogP contribution in [0.15, 0.2) is 18.2 Å². The van der Waals surface area contributed by atoms with Gasteiger partial charge in [0.2, 0.25) is 0 Å². The van der Waals surface area contributed by atoms with Gasteiger partial charge < -0.3 is 20.1 Å². The maximum Gasteiger partial charge on any atom is 0.122 e. The predicted molar refractivity (Wildman–Crippen MR) is 67.9 cm³/mol. The number of hydrogen-bond acceptors (Lipinski definition) is 4. The monoisotopic (exact) mass is 236 g/mol. The molecule has 17 heavy (non-hydrogen) atoms. The molecular weight excluding hydrogens is 216 g/mol. The van der Waals surface area contributed by atoms with Crippen molar-refractivity contribution in [2.45, 2.75) is 12.5 Å². The van der Waals surface area contributed by atoms with Crippen LogP contribution in [0.1, 0.15) is 5.56 Å². The Morgan fingerprint density at radius 2 is 2.12 bits per heavy atom. The Labute approximate surface area is 102 Å². The molecule has 0 aromatic heterocycles. The van der Waals surface area contributed by atoms with E-state index in [2.05, 4.69) is 16.7 Å². The van der Waals surface area contributed by atoms with Crippen molar-refractivity contribution in [3.63, 3.8) is 0 Å². The maximum absolute atomic E-state index is 5.38. The molecule has 0 aliphatic carbocycles. The zero-order valence-electron chi connectivity index (χ0n) is 10.5. The number of ether oxygens (including phenoxy) is 2. The molecule has 0 bridgehead atoms. The molecule has 0 spiro atoms. The zero-order valence-corrected chi connectivity index (χ0v) is 10.5. The van der Waals surface area contributed by atoms with Gasteiger partial charge in [0.15, 0.2) is 0 Å². The van der Waals surface area contributed by atoms with Crippen LogP contribution >= 0.6 is 0 Å². The zero-order chi connectivity index (χ0) is 12.1. The van der Waals surface area contributed by atoms with Crippen LogP contribution in [0.5, 0.6) is 11.5 Å². The Hall–Kier alpha value is -1.26. The fourth-order valence-electron chi connectivity index (χ4n) is 2.16. The van der Waals surface area contributed by atoms with Gasteiger partial charge in [0.25, 0.3) is 0 Å². The van der Waals surface area contributed by atoms with E-state index in [1.54, 1.807) is 14.2 Å². The standard InChI is InChI=1S/C13H20N2O2/c1-16-12-3-4-13(17-2)10(8-12)7-11-9-14-5-6-15-11/h3-4,8,11,14-15H,5-7,9H2,1-2H3/t11-/m1/s1. The van der Waals surface area contributed by atoms with E-state index < -0.39 is 0 Å². The maximum atomic E-state index is 5.38. The van der Waals surface area contributed by atoms with Gasteiger partial charge in [-0.3, -0.25) is 0 Å². The molecule has 0 radical (unpaired) electrons. The van der Waals surface area contributed by atoms with E-state index in [0.717, 1.165) is 37.6 Å². The summed E-state index contributed by atoms with van der Waals surface area (Å²) in [5.74, 6) is 1.81. The largest absolute Gasteiger partial charge is 0.497 e. The average molecular weight is 236 g/mol. The Balaban J connectivity index is 2.11. The van der Waals surface area contributed by atoms with Crippen molar-refractivity contribution in [3.8, 4) is 11.5 Å². The molecule has 1 fully saturated rings. The molecule has 94 valence electrons. The molecule has 1 aromatic rings. The average Bonchev–Trinajstić information content (AvgIpc) is 2.40. The minimum Gasteiger partial charge on any atom is -0.497 e. The third-order valence-corrected chi connectivity index (χ3v) is 3.08. The Morgan fingerprint density at radius 3 is 2.76 bits per heavy atom. The van der Waals surface area contributed by atoms with E-state index in [1.807, 2.05) is 12.1 Å². The fraction of sp³-hybridized carbons (Fsp3) is 0.538. The lowest BCUT2D eigenvalue weighted by Crippen LogP contribution is -2.49. The summed E-state index contributed by atoms with van der Waals surface area (Å²) in [5.41, 5.74) is 1.19. The summed E-state index contributed by atoms with van der Waals surface area (Å²) in [5, 5.41) is 6.88. The van der Waals surface area contributed by atoms with Crippen LogP contribution in [0.3, 0.4) is 0 Å². The van der Waals surface area contributed by atoms with Crippen LogP contribution < -0.4 is 20.1 Å². The van der Waals surface area contributed by atoms with Crippen molar-refractivity contribution >= 4 is 0 Å². The smallest absolute Gasteiger partial charge is 0.122 e. The molecule has 0 unspecified atom stereocenters. The predicted octanol–water partition coefficient (Wildman–Crippen LogP) is 0.808. The molecular formula is C13H20N2O2. The number of methoxy groups -OCH3 is 2. The van der Waals surface area contributed by atoms with E-state index in [1.165, 1.54) is 5.56 Å². The van der Waals surface area contributed by atoms with Crippen molar-refractivity contribution in [2.24, 2.45) is 0 Å². The molecule has 1 atom stereocenters. The Morgan fingerprint density at radius 1 is 1.24 bits per heavy atom. The van der Waals surface area contributed by atoms with Gasteiger partial charge in [0, 0.05) is 25.7 Å². The van der Waals surface area contributed by atoms with E-state index >= 15 is 0 Å². The second-order valence-corrected chi connectivity index (χ2v) is 4.24. The van der Waals surface area contributed by atoms with Gasteiger partial charge in [-0.25, -0.2) is 0 Å². The van der Waals surface area contributed by atoms with Gasteiger partial charge in [0.05, 0.1) is 14.2 Å². The topological polar surface area (TPSA) is 42.5 Å². The van der Waals surface area contributed by atoms with Crippen molar-refractivity contribution in [1.82, 2.24) is 10.6 Å². The van der Waals surface area contributed by atoms with Gasteiger partial charge >= 0.3 is 0 Å². The van der Waals surface area contributed by atoms with Crippen molar-refractivity contribution in [3.05, 3.63) is 23.8 Å². The molecule has 1 aliphatic rings. The summed E-state index contributed by atoms with van der Waals surface area (Å²) >= 11 is 0. The molecule has 1 aliphatic heterocycles. The Kier molecular flexibility index (Phi) is 4.23. The highest BCUT2D eigenvalue weighted by molar-refractivity contribution is 5.40. The summed E-state index contributed by atoms with van der Waals surface area (Å²) in [6, 6.07) is 6.40. The summed E-state index contributed by atoms with van der Waals surface area (Å²) < 4.78 is 10.6. The molecule has 4 nitrogen and oxygen atoms in total. The van der Waals surface area contributed by atoms with Crippen LogP contribution in [-0.2, 0) is 6.42 Å². The highest BCUT2D eigenvalue weighted by Gasteiger charge is 2.15. The van der Waals surface area contributed by atoms with Crippen molar-refractivity contribution in [1.29, 1.82) is 0 Å². The van der Waals surface area contributed by atoms with E-state index in [-0.39, 0.29) is 0 Å². The molecule has 1 aromatic carbocycles. The van der Waals surface area contributed by atoms with Crippen molar-refractivity contribution in [2.75, 3.05) is 33.9 Å². The lowest BCUT2D eigenvalue weighted by Gasteiger charge is -2.25. The molecule has 0 saturated carbocycles. The van der Waals surface area contributed by atoms with Gasteiger partial charge in [0.1, 0.15) is 11.5 Å². The van der Waals surface area contributed by atoms with Crippen LogP contribution in [0.4, 0.5) is 0 Å². The first kappa shape index (κ1) is 12.2.